The van der Waals surface area contributed by atoms with E-state index in [0.29, 0.717) is 44.2 Å². The molecule has 7 nitrogen and oxygen atoms in total. The molecule has 1 unspecified atom stereocenters. The van der Waals surface area contributed by atoms with Gasteiger partial charge in [0.05, 0.1) is 5.92 Å². The van der Waals surface area contributed by atoms with Crippen molar-refractivity contribution in [1.29, 1.82) is 0 Å². The van der Waals surface area contributed by atoms with Crippen LogP contribution in [-0.4, -0.2) is 66.0 Å². The van der Waals surface area contributed by atoms with E-state index in [-0.39, 0.29) is 17.7 Å². The van der Waals surface area contributed by atoms with Crippen molar-refractivity contribution in [2.24, 2.45) is 11.8 Å². The zero-order valence-electron chi connectivity index (χ0n) is 21.1. The van der Waals surface area contributed by atoms with Gasteiger partial charge in [-0.2, -0.15) is 0 Å². The summed E-state index contributed by atoms with van der Waals surface area (Å²) in [5.41, 5.74) is 0.192. The number of piperidine rings is 2. The van der Waals surface area contributed by atoms with Gasteiger partial charge >= 0.3 is 6.09 Å². The normalized spacial score (nSPS) is 19.5. The molecule has 2 aliphatic heterocycles. The van der Waals surface area contributed by atoms with E-state index in [1.165, 1.54) is 0 Å². The number of nitrogens with zero attached hydrogens (tertiary/aromatic N) is 2. The first-order valence-corrected chi connectivity index (χ1v) is 12.7. The zero-order valence-corrected chi connectivity index (χ0v) is 21.1. The van der Waals surface area contributed by atoms with Gasteiger partial charge in [0, 0.05) is 38.3 Å². The van der Waals surface area contributed by atoms with Gasteiger partial charge in [-0.3, -0.25) is 9.59 Å². The summed E-state index contributed by atoms with van der Waals surface area (Å²) in [7, 11) is 0. The van der Waals surface area contributed by atoms with Crippen LogP contribution >= 0.6 is 0 Å². The number of rotatable bonds is 4. The highest BCUT2D eigenvalue weighted by Crippen LogP contribution is 2.26. The SMILES string of the molecule is CC(C)(C)OC(=O)NCC1CCN(C(=O)C2CCCN(C(=O)c3cccc4ccccc34)C2)CC1. The Morgan fingerprint density at radius 2 is 1.66 bits per heavy atom. The number of hydrogen-bond acceptors (Lipinski definition) is 4. The summed E-state index contributed by atoms with van der Waals surface area (Å²) in [4.78, 5) is 42.4. The fourth-order valence-corrected chi connectivity index (χ4v) is 5.10. The van der Waals surface area contributed by atoms with Gasteiger partial charge in [-0.1, -0.05) is 36.4 Å². The van der Waals surface area contributed by atoms with Crippen molar-refractivity contribution in [2.75, 3.05) is 32.7 Å². The summed E-state index contributed by atoms with van der Waals surface area (Å²) in [6, 6.07) is 13.7. The van der Waals surface area contributed by atoms with Crippen LogP contribution in [0, 0.1) is 11.8 Å². The van der Waals surface area contributed by atoms with Crippen molar-refractivity contribution in [2.45, 2.75) is 52.1 Å². The number of amides is 3. The van der Waals surface area contributed by atoms with E-state index in [0.717, 1.165) is 36.5 Å². The third kappa shape index (κ3) is 6.32. The van der Waals surface area contributed by atoms with Gasteiger partial charge < -0.3 is 19.9 Å². The van der Waals surface area contributed by atoms with Gasteiger partial charge in [0.2, 0.25) is 5.91 Å². The molecule has 0 aliphatic carbocycles. The number of likely N-dealkylation sites (tertiary alicyclic amines) is 2. The molecule has 7 heteroatoms. The highest BCUT2D eigenvalue weighted by molar-refractivity contribution is 6.07. The Balaban J connectivity index is 1.30. The Morgan fingerprint density at radius 1 is 0.943 bits per heavy atom. The van der Waals surface area contributed by atoms with Crippen LogP contribution in [0.4, 0.5) is 4.79 Å². The van der Waals surface area contributed by atoms with Gasteiger partial charge in [0.1, 0.15) is 5.60 Å². The minimum Gasteiger partial charge on any atom is -0.444 e. The Morgan fingerprint density at radius 3 is 2.40 bits per heavy atom. The lowest BCUT2D eigenvalue weighted by Crippen LogP contribution is -2.49. The van der Waals surface area contributed by atoms with Crippen molar-refractivity contribution < 1.29 is 19.1 Å². The van der Waals surface area contributed by atoms with Crippen molar-refractivity contribution in [3.05, 3.63) is 48.0 Å². The number of hydrogen-bond donors (Lipinski definition) is 1. The van der Waals surface area contributed by atoms with Crippen molar-refractivity contribution >= 4 is 28.7 Å². The summed E-state index contributed by atoms with van der Waals surface area (Å²) >= 11 is 0. The molecule has 0 aromatic heterocycles. The first-order valence-electron chi connectivity index (χ1n) is 12.7. The molecule has 2 saturated heterocycles. The Hall–Kier alpha value is -3.09. The molecule has 2 heterocycles. The molecule has 0 bridgehead atoms. The number of fused-ring (bicyclic) bond motifs is 1. The van der Waals surface area contributed by atoms with E-state index in [1.54, 1.807) is 0 Å². The number of alkyl carbamates (subject to hydrolysis) is 1. The summed E-state index contributed by atoms with van der Waals surface area (Å²) in [5, 5.41) is 4.86. The number of carbonyl (C=O) groups is 3. The largest absolute Gasteiger partial charge is 0.444 e. The van der Waals surface area contributed by atoms with Crippen LogP contribution in [-0.2, 0) is 9.53 Å². The standard InChI is InChI=1S/C28H37N3O4/c1-28(2,3)35-27(34)29-18-20-13-16-30(17-14-20)25(32)22-10-7-15-31(19-22)26(33)24-12-6-9-21-8-4-5-11-23(21)24/h4-6,8-9,11-12,20,22H,7,10,13-19H2,1-3H3,(H,29,34). The molecule has 4 rings (SSSR count). The number of benzene rings is 2. The van der Waals surface area contributed by atoms with Crippen LogP contribution in [0.3, 0.4) is 0 Å². The molecule has 3 amide bonds. The maximum absolute atomic E-state index is 13.4. The van der Waals surface area contributed by atoms with Crippen LogP contribution in [0.1, 0.15) is 56.8 Å². The molecule has 2 aromatic carbocycles. The van der Waals surface area contributed by atoms with E-state index in [4.69, 9.17) is 4.74 Å². The van der Waals surface area contributed by atoms with Crippen molar-refractivity contribution in [3.63, 3.8) is 0 Å². The predicted molar refractivity (Wildman–Crippen MR) is 136 cm³/mol. The van der Waals surface area contributed by atoms with Gasteiger partial charge in [0.25, 0.3) is 5.91 Å². The van der Waals surface area contributed by atoms with Gasteiger partial charge in [-0.15, -0.1) is 0 Å². The smallest absolute Gasteiger partial charge is 0.407 e. The molecule has 2 fully saturated rings. The second-order valence-electron chi connectivity index (χ2n) is 10.8. The first-order chi connectivity index (χ1) is 16.7. The highest BCUT2D eigenvalue weighted by Gasteiger charge is 2.33. The van der Waals surface area contributed by atoms with Crippen LogP contribution < -0.4 is 5.32 Å². The van der Waals surface area contributed by atoms with Gasteiger partial charge in [0.15, 0.2) is 0 Å². The molecule has 1 atom stereocenters. The average Bonchev–Trinajstić information content (AvgIpc) is 2.85. The average molecular weight is 480 g/mol. The zero-order chi connectivity index (χ0) is 25.0. The van der Waals surface area contributed by atoms with Crippen LogP contribution in [0.2, 0.25) is 0 Å². The lowest BCUT2D eigenvalue weighted by atomic mass is 9.92. The number of carbonyl (C=O) groups excluding carboxylic acids is 3. The van der Waals surface area contributed by atoms with E-state index in [2.05, 4.69) is 5.32 Å². The Kier molecular flexibility index (Phi) is 7.63. The quantitative estimate of drug-likeness (QED) is 0.703. The molecule has 2 aliphatic rings. The van der Waals surface area contributed by atoms with E-state index in [9.17, 15) is 14.4 Å². The first kappa shape index (κ1) is 25.0. The van der Waals surface area contributed by atoms with Crippen molar-refractivity contribution in [3.8, 4) is 0 Å². The molecule has 2 aromatic rings. The van der Waals surface area contributed by atoms with Crippen LogP contribution in [0.25, 0.3) is 10.8 Å². The number of ether oxygens (including phenoxy) is 1. The topological polar surface area (TPSA) is 79.0 Å². The second kappa shape index (κ2) is 10.7. The summed E-state index contributed by atoms with van der Waals surface area (Å²) in [5.74, 6) is 0.340. The minimum atomic E-state index is -0.511. The second-order valence-corrected chi connectivity index (χ2v) is 10.8. The molecule has 35 heavy (non-hydrogen) atoms. The third-order valence-corrected chi connectivity index (χ3v) is 6.94. The highest BCUT2D eigenvalue weighted by atomic mass is 16.6. The molecule has 188 valence electrons. The number of nitrogens with one attached hydrogen (secondary N) is 1. The predicted octanol–water partition coefficient (Wildman–Crippen LogP) is 4.46. The summed E-state index contributed by atoms with van der Waals surface area (Å²) < 4.78 is 5.31. The van der Waals surface area contributed by atoms with E-state index in [1.807, 2.05) is 73.0 Å². The summed E-state index contributed by atoms with van der Waals surface area (Å²) in [6.45, 7) is 8.63. The molecule has 0 radical (unpaired) electrons. The molecular weight excluding hydrogens is 442 g/mol. The monoisotopic (exact) mass is 479 g/mol. The minimum absolute atomic E-state index is 0.00576. The Labute approximate surface area is 207 Å². The maximum atomic E-state index is 13.4. The lowest BCUT2D eigenvalue weighted by molar-refractivity contribution is -0.138. The van der Waals surface area contributed by atoms with Crippen LogP contribution in [0.15, 0.2) is 42.5 Å². The van der Waals surface area contributed by atoms with E-state index >= 15 is 0 Å². The van der Waals surface area contributed by atoms with Crippen molar-refractivity contribution in [1.82, 2.24) is 15.1 Å². The molecule has 0 saturated carbocycles. The molecular formula is C28H37N3O4. The third-order valence-electron chi connectivity index (χ3n) is 6.94. The van der Waals surface area contributed by atoms with Gasteiger partial charge in [-0.05, 0) is 69.2 Å². The fourth-order valence-electron chi connectivity index (χ4n) is 5.10. The van der Waals surface area contributed by atoms with E-state index < -0.39 is 11.7 Å². The molecule has 1 N–H and O–H groups in total. The van der Waals surface area contributed by atoms with Gasteiger partial charge in [-0.25, -0.2) is 4.79 Å². The lowest BCUT2D eigenvalue weighted by Gasteiger charge is -2.38. The maximum Gasteiger partial charge on any atom is 0.407 e. The summed E-state index contributed by atoms with van der Waals surface area (Å²) in [6.07, 6.45) is 2.97. The van der Waals surface area contributed by atoms with Crippen LogP contribution in [0.5, 0.6) is 0 Å². The fraction of sp³-hybridized carbons (Fsp3) is 0.536. The molecule has 0 spiro atoms. The Bertz CT molecular complexity index is 1060.